The highest BCUT2D eigenvalue weighted by Crippen LogP contribution is 2.27. The molecule has 1 aromatic carbocycles. The lowest BCUT2D eigenvalue weighted by Crippen LogP contribution is -2.22. The van der Waals surface area contributed by atoms with Gasteiger partial charge in [0.25, 0.3) is 5.56 Å². The Bertz CT molecular complexity index is 972. The molecule has 0 aliphatic carbocycles. The molecule has 0 aliphatic heterocycles. The summed E-state index contributed by atoms with van der Waals surface area (Å²) in [5, 5.41) is -0.158. The third-order valence-electron chi connectivity index (χ3n) is 3.35. The van der Waals surface area contributed by atoms with Crippen LogP contribution in [0.25, 0.3) is 22.3 Å². The summed E-state index contributed by atoms with van der Waals surface area (Å²) in [5.41, 5.74) is -0.0690. The van der Waals surface area contributed by atoms with Gasteiger partial charge in [0, 0.05) is 11.6 Å². The van der Waals surface area contributed by atoms with E-state index in [0.29, 0.717) is 0 Å². The van der Waals surface area contributed by atoms with Crippen molar-refractivity contribution in [3.8, 4) is 11.3 Å². The predicted octanol–water partition coefficient (Wildman–Crippen LogP) is 3.37. The van der Waals surface area contributed by atoms with Gasteiger partial charge in [0.15, 0.2) is 11.6 Å². The fourth-order valence-electron chi connectivity index (χ4n) is 2.41. The van der Waals surface area contributed by atoms with Crippen molar-refractivity contribution >= 4 is 22.6 Å². The molecule has 0 saturated heterocycles. The number of hydrogen-bond donors (Lipinski definition) is 0. The molecule has 0 unspecified atom stereocenters. The van der Waals surface area contributed by atoms with Crippen molar-refractivity contribution in [2.75, 3.05) is 0 Å². The molecule has 5 nitrogen and oxygen atoms in total. The zero-order valence-corrected chi connectivity index (χ0v) is 13.0. The highest BCUT2D eigenvalue weighted by Gasteiger charge is 2.16. The second kappa shape index (κ2) is 5.66. The van der Waals surface area contributed by atoms with Crippen LogP contribution in [-0.2, 0) is 0 Å². The zero-order valence-electron chi connectivity index (χ0n) is 12.2. The van der Waals surface area contributed by atoms with Crippen LogP contribution in [0, 0.1) is 11.6 Å². The van der Waals surface area contributed by atoms with Crippen LogP contribution in [0.3, 0.4) is 0 Å². The van der Waals surface area contributed by atoms with E-state index >= 15 is 0 Å². The Morgan fingerprint density at radius 3 is 2.57 bits per heavy atom. The third kappa shape index (κ3) is 2.68. The second-order valence-electron chi connectivity index (χ2n) is 5.22. The van der Waals surface area contributed by atoms with Gasteiger partial charge in [-0.1, -0.05) is 0 Å². The summed E-state index contributed by atoms with van der Waals surface area (Å²) in [5.74, 6) is -1.42. The van der Waals surface area contributed by atoms with E-state index in [4.69, 9.17) is 11.6 Å². The quantitative estimate of drug-likeness (QED) is 0.673. The van der Waals surface area contributed by atoms with Gasteiger partial charge in [-0.25, -0.2) is 23.7 Å². The molecule has 0 amide bonds. The fourth-order valence-corrected chi connectivity index (χ4v) is 2.55. The van der Waals surface area contributed by atoms with Crippen LogP contribution in [0.15, 0.2) is 29.3 Å². The van der Waals surface area contributed by atoms with Gasteiger partial charge in [-0.2, -0.15) is 0 Å². The molecule has 3 aromatic rings. The van der Waals surface area contributed by atoms with Gasteiger partial charge < -0.3 is 4.57 Å². The molecule has 0 aliphatic rings. The molecule has 0 radical (unpaired) electrons. The van der Waals surface area contributed by atoms with Crippen molar-refractivity contribution in [2.45, 2.75) is 19.9 Å². The van der Waals surface area contributed by atoms with E-state index in [1.807, 2.05) is 0 Å². The molecule has 2 heterocycles. The van der Waals surface area contributed by atoms with Crippen molar-refractivity contribution in [3.05, 3.63) is 51.8 Å². The van der Waals surface area contributed by atoms with Gasteiger partial charge in [-0.15, -0.1) is 0 Å². The summed E-state index contributed by atoms with van der Waals surface area (Å²) in [4.78, 5) is 23.2. The van der Waals surface area contributed by atoms with Crippen molar-refractivity contribution < 1.29 is 8.78 Å². The van der Waals surface area contributed by atoms with Crippen molar-refractivity contribution in [1.29, 1.82) is 0 Å². The first-order valence-corrected chi connectivity index (χ1v) is 7.15. The molecule has 2 aromatic heterocycles. The zero-order chi connectivity index (χ0) is 16.7. The average molecular weight is 337 g/mol. The summed E-state index contributed by atoms with van der Waals surface area (Å²) >= 11 is 5.68. The average Bonchev–Trinajstić information content (AvgIpc) is 2.48. The van der Waals surface area contributed by atoms with Crippen LogP contribution in [0.1, 0.15) is 19.9 Å². The Balaban J connectivity index is 2.39. The van der Waals surface area contributed by atoms with Gasteiger partial charge in [0.2, 0.25) is 5.28 Å². The van der Waals surface area contributed by atoms with E-state index in [0.717, 1.165) is 18.5 Å². The summed E-state index contributed by atoms with van der Waals surface area (Å²) in [7, 11) is 0. The summed E-state index contributed by atoms with van der Waals surface area (Å²) < 4.78 is 29.7. The van der Waals surface area contributed by atoms with Crippen LogP contribution in [0.4, 0.5) is 8.78 Å². The molecule has 3 rings (SSSR count). The molecule has 0 saturated carbocycles. The van der Waals surface area contributed by atoms with E-state index < -0.39 is 11.6 Å². The van der Waals surface area contributed by atoms with E-state index in [-0.39, 0.29) is 39.2 Å². The summed E-state index contributed by atoms with van der Waals surface area (Å²) in [6, 6.07) is 2.35. The van der Waals surface area contributed by atoms with Gasteiger partial charge in [0.05, 0.1) is 17.9 Å². The topological polar surface area (TPSA) is 60.7 Å². The molecular formula is C15H11ClF2N4O. The molecule has 23 heavy (non-hydrogen) atoms. The molecule has 0 atom stereocenters. The lowest BCUT2D eigenvalue weighted by Gasteiger charge is -2.14. The highest BCUT2D eigenvalue weighted by molar-refractivity contribution is 6.28. The molecule has 8 heteroatoms. The summed E-state index contributed by atoms with van der Waals surface area (Å²) in [6.45, 7) is 3.57. The van der Waals surface area contributed by atoms with E-state index in [2.05, 4.69) is 15.0 Å². The first-order valence-electron chi connectivity index (χ1n) is 6.77. The minimum absolute atomic E-state index is 0.0302. The first kappa shape index (κ1) is 15.5. The minimum Gasteiger partial charge on any atom is -0.303 e. The maximum atomic E-state index is 14.4. The molecular weight excluding hydrogens is 326 g/mol. The Hall–Kier alpha value is -2.41. The SMILES string of the molecule is CC(C)n1c(=O)cnc2c(F)cc(-c3nc(Cl)ncc3F)cc21. The standard InChI is InChI=1S/C15H11ClF2N4O/c1-7(2)22-11-4-8(13-10(18)5-20-15(16)21-13)3-9(17)14(11)19-6-12(22)23/h3-7H,1-2H3. The van der Waals surface area contributed by atoms with Crippen molar-refractivity contribution in [2.24, 2.45) is 0 Å². The first-order chi connectivity index (χ1) is 10.9. The number of hydrogen-bond acceptors (Lipinski definition) is 4. The Labute approximate surface area is 134 Å². The number of benzene rings is 1. The lowest BCUT2D eigenvalue weighted by atomic mass is 10.1. The number of aromatic nitrogens is 4. The molecule has 0 spiro atoms. The number of halogens is 3. The maximum absolute atomic E-state index is 14.4. The Morgan fingerprint density at radius 2 is 1.87 bits per heavy atom. The van der Waals surface area contributed by atoms with Crippen LogP contribution >= 0.6 is 11.6 Å². The van der Waals surface area contributed by atoms with E-state index in [1.165, 1.54) is 10.6 Å². The molecule has 118 valence electrons. The number of rotatable bonds is 2. The molecule has 0 bridgehead atoms. The second-order valence-corrected chi connectivity index (χ2v) is 5.56. The van der Waals surface area contributed by atoms with Crippen molar-refractivity contribution in [1.82, 2.24) is 19.5 Å². The van der Waals surface area contributed by atoms with Gasteiger partial charge in [-0.3, -0.25) is 4.79 Å². The Kier molecular flexibility index (Phi) is 3.81. The molecule has 0 N–H and O–H groups in total. The number of nitrogens with zero attached hydrogens (tertiary/aromatic N) is 4. The lowest BCUT2D eigenvalue weighted by molar-refractivity contribution is 0.591. The highest BCUT2D eigenvalue weighted by atomic mass is 35.5. The van der Waals surface area contributed by atoms with Crippen LogP contribution in [0.2, 0.25) is 5.28 Å². The van der Waals surface area contributed by atoms with Gasteiger partial charge in [-0.05, 0) is 37.6 Å². The van der Waals surface area contributed by atoms with Gasteiger partial charge >= 0.3 is 0 Å². The van der Waals surface area contributed by atoms with E-state index in [1.54, 1.807) is 13.8 Å². The maximum Gasteiger partial charge on any atom is 0.269 e. The predicted molar refractivity (Wildman–Crippen MR) is 82.3 cm³/mol. The normalized spacial score (nSPS) is 11.4. The largest absolute Gasteiger partial charge is 0.303 e. The Morgan fingerprint density at radius 1 is 1.13 bits per heavy atom. The van der Waals surface area contributed by atoms with Gasteiger partial charge in [0.1, 0.15) is 11.2 Å². The van der Waals surface area contributed by atoms with Crippen LogP contribution in [0.5, 0.6) is 0 Å². The number of fused-ring (bicyclic) bond motifs is 1. The van der Waals surface area contributed by atoms with E-state index in [9.17, 15) is 13.6 Å². The summed E-state index contributed by atoms with van der Waals surface area (Å²) in [6.07, 6.45) is 1.97. The van der Waals surface area contributed by atoms with Crippen LogP contribution < -0.4 is 5.56 Å². The third-order valence-corrected chi connectivity index (χ3v) is 3.53. The molecule has 0 fully saturated rings. The smallest absolute Gasteiger partial charge is 0.269 e. The monoisotopic (exact) mass is 336 g/mol. The minimum atomic E-state index is -0.740. The van der Waals surface area contributed by atoms with Crippen LogP contribution in [-0.4, -0.2) is 19.5 Å². The van der Waals surface area contributed by atoms with Crippen molar-refractivity contribution in [3.63, 3.8) is 0 Å². The fraction of sp³-hybridized carbons (Fsp3) is 0.200.